The van der Waals surface area contributed by atoms with Crippen molar-refractivity contribution in [3.63, 3.8) is 0 Å². The number of nitrogens with zero attached hydrogens (tertiary/aromatic N) is 2. The molecular formula is C22H24N2O2. The van der Waals surface area contributed by atoms with Crippen LogP contribution in [0.15, 0.2) is 48.5 Å². The summed E-state index contributed by atoms with van der Waals surface area (Å²) < 4.78 is 0. The largest absolute Gasteiger partial charge is 0.481 e. The molecule has 4 heteroatoms. The van der Waals surface area contributed by atoms with Gasteiger partial charge in [-0.2, -0.15) is 0 Å². The van der Waals surface area contributed by atoms with E-state index in [2.05, 4.69) is 58.3 Å². The number of anilines is 2. The lowest BCUT2D eigenvalue weighted by molar-refractivity contribution is -0.142. The van der Waals surface area contributed by atoms with Gasteiger partial charge in [0.1, 0.15) is 0 Å². The molecule has 1 N–H and O–H groups in total. The summed E-state index contributed by atoms with van der Waals surface area (Å²) in [7, 11) is 0. The lowest BCUT2D eigenvalue weighted by atomic mass is 9.99. The monoisotopic (exact) mass is 348 g/mol. The van der Waals surface area contributed by atoms with Gasteiger partial charge in [0.25, 0.3) is 0 Å². The lowest BCUT2D eigenvalue weighted by Gasteiger charge is -2.27. The summed E-state index contributed by atoms with van der Waals surface area (Å²) in [4.78, 5) is 16.2. The van der Waals surface area contributed by atoms with Gasteiger partial charge in [0.05, 0.1) is 5.92 Å². The minimum absolute atomic E-state index is 0.194. The van der Waals surface area contributed by atoms with E-state index in [0.717, 1.165) is 32.2 Å². The van der Waals surface area contributed by atoms with Gasteiger partial charge < -0.3 is 10.0 Å². The molecule has 4 nitrogen and oxygen atoms in total. The molecule has 0 bridgehead atoms. The third-order valence-electron chi connectivity index (χ3n) is 6.40. The Kier molecular flexibility index (Phi) is 3.75. The third kappa shape index (κ3) is 2.60. The summed E-state index contributed by atoms with van der Waals surface area (Å²) in [5.41, 5.74) is 5.45. The van der Waals surface area contributed by atoms with E-state index < -0.39 is 5.97 Å². The third-order valence-corrected chi connectivity index (χ3v) is 6.40. The number of carboxylic acids is 1. The first kappa shape index (κ1) is 15.9. The normalized spacial score (nSPS) is 29.2. The van der Waals surface area contributed by atoms with Gasteiger partial charge in [-0.3, -0.25) is 9.69 Å². The molecule has 3 aliphatic heterocycles. The van der Waals surface area contributed by atoms with E-state index in [1.807, 2.05) is 0 Å². The predicted molar refractivity (Wildman–Crippen MR) is 102 cm³/mol. The van der Waals surface area contributed by atoms with Crippen LogP contribution in [0.3, 0.4) is 0 Å². The molecule has 0 saturated carbocycles. The Morgan fingerprint density at radius 3 is 2.19 bits per heavy atom. The molecule has 3 aliphatic rings. The second-order valence-corrected chi connectivity index (χ2v) is 7.81. The molecule has 2 aromatic carbocycles. The number of carbonyl (C=O) groups is 1. The van der Waals surface area contributed by atoms with Gasteiger partial charge in [-0.05, 0) is 48.9 Å². The van der Waals surface area contributed by atoms with E-state index in [9.17, 15) is 9.90 Å². The van der Waals surface area contributed by atoms with Crippen LogP contribution in [0.25, 0.3) is 0 Å². The summed E-state index contributed by atoms with van der Waals surface area (Å²) in [5, 5.41) is 9.34. The van der Waals surface area contributed by atoms with Crippen molar-refractivity contribution in [3.05, 3.63) is 59.7 Å². The van der Waals surface area contributed by atoms with E-state index >= 15 is 0 Å². The summed E-state index contributed by atoms with van der Waals surface area (Å²) in [6.45, 7) is 1.66. The first-order valence-corrected chi connectivity index (χ1v) is 9.64. The van der Waals surface area contributed by atoms with E-state index in [1.165, 1.54) is 22.5 Å². The Bertz CT molecular complexity index is 802. The average molecular weight is 348 g/mol. The number of rotatable bonds is 3. The maximum atomic E-state index is 11.4. The topological polar surface area (TPSA) is 43.5 Å². The van der Waals surface area contributed by atoms with Crippen molar-refractivity contribution in [1.82, 2.24) is 4.90 Å². The van der Waals surface area contributed by atoms with Crippen LogP contribution >= 0.6 is 0 Å². The Balaban J connectivity index is 1.45. The fraction of sp³-hybridized carbons (Fsp3) is 0.409. The molecule has 2 fully saturated rings. The maximum Gasteiger partial charge on any atom is 0.307 e. The van der Waals surface area contributed by atoms with Crippen molar-refractivity contribution in [2.24, 2.45) is 5.92 Å². The molecule has 134 valence electrons. The quantitative estimate of drug-likeness (QED) is 0.863. The zero-order chi connectivity index (χ0) is 17.7. The summed E-state index contributed by atoms with van der Waals surface area (Å²) in [6.07, 6.45) is 3.98. The van der Waals surface area contributed by atoms with E-state index in [0.29, 0.717) is 18.6 Å². The van der Waals surface area contributed by atoms with Crippen molar-refractivity contribution >= 4 is 17.3 Å². The standard InChI is InChI=1S/C22H24N2O2/c25-22(26)17-11-12-20-21(23(20)13-17)14-24-18-7-3-1-5-15(18)9-10-16-6-2-4-8-19(16)24/h1-8,17,20-21H,9-14H2,(H,25,26). The van der Waals surface area contributed by atoms with Crippen molar-refractivity contribution in [1.29, 1.82) is 0 Å². The molecule has 0 amide bonds. The molecular weight excluding hydrogens is 324 g/mol. The van der Waals surface area contributed by atoms with Crippen LogP contribution in [-0.4, -0.2) is 41.1 Å². The zero-order valence-corrected chi connectivity index (χ0v) is 14.8. The van der Waals surface area contributed by atoms with Crippen molar-refractivity contribution in [3.8, 4) is 0 Å². The van der Waals surface area contributed by atoms with Crippen LogP contribution < -0.4 is 4.90 Å². The molecule has 0 aliphatic carbocycles. The van der Waals surface area contributed by atoms with E-state index in [-0.39, 0.29) is 5.92 Å². The van der Waals surface area contributed by atoms with Crippen LogP contribution in [0.4, 0.5) is 11.4 Å². The van der Waals surface area contributed by atoms with E-state index in [4.69, 9.17) is 0 Å². The first-order valence-electron chi connectivity index (χ1n) is 9.64. The number of aliphatic carboxylic acids is 1. The van der Waals surface area contributed by atoms with Gasteiger partial charge in [-0.1, -0.05) is 36.4 Å². The molecule has 0 aromatic heterocycles. The molecule has 3 heterocycles. The minimum Gasteiger partial charge on any atom is -0.481 e. The highest BCUT2D eigenvalue weighted by Crippen LogP contribution is 2.43. The number of carboxylic acid groups (broad SMARTS) is 1. The van der Waals surface area contributed by atoms with Gasteiger partial charge in [0.15, 0.2) is 0 Å². The molecule has 0 spiro atoms. The molecule has 5 rings (SSSR count). The number of hydrogen-bond donors (Lipinski definition) is 1. The Hall–Kier alpha value is -2.33. The number of hydrogen-bond acceptors (Lipinski definition) is 3. The summed E-state index contributed by atoms with van der Waals surface area (Å²) >= 11 is 0. The van der Waals surface area contributed by atoms with Gasteiger partial charge in [-0.25, -0.2) is 0 Å². The second-order valence-electron chi connectivity index (χ2n) is 7.81. The highest BCUT2D eigenvalue weighted by molar-refractivity contribution is 5.72. The van der Waals surface area contributed by atoms with Gasteiger partial charge in [0.2, 0.25) is 0 Å². The molecule has 2 aromatic rings. The lowest BCUT2D eigenvalue weighted by Crippen LogP contribution is -2.29. The van der Waals surface area contributed by atoms with Gasteiger partial charge >= 0.3 is 5.97 Å². The van der Waals surface area contributed by atoms with Crippen LogP contribution in [0, 0.1) is 5.92 Å². The SMILES string of the molecule is O=C(O)C1CCC2C(CN3c4ccccc4CCc4ccccc43)N2C1. The number of benzene rings is 2. The summed E-state index contributed by atoms with van der Waals surface area (Å²) in [6, 6.07) is 18.5. The second kappa shape index (κ2) is 6.13. The Morgan fingerprint density at radius 1 is 0.962 bits per heavy atom. The molecule has 26 heavy (non-hydrogen) atoms. The first-order chi connectivity index (χ1) is 12.7. The predicted octanol–water partition coefficient (Wildman–Crippen LogP) is 3.47. The number of aryl methyl sites for hydroxylation is 2. The van der Waals surface area contributed by atoms with Crippen LogP contribution in [0.1, 0.15) is 24.0 Å². The number of piperidine rings is 1. The van der Waals surface area contributed by atoms with Crippen molar-refractivity contribution < 1.29 is 9.90 Å². The highest BCUT2D eigenvalue weighted by Gasteiger charge is 2.52. The summed E-state index contributed by atoms with van der Waals surface area (Å²) in [5.74, 6) is -0.834. The van der Waals surface area contributed by atoms with Crippen LogP contribution in [-0.2, 0) is 17.6 Å². The van der Waals surface area contributed by atoms with E-state index in [1.54, 1.807) is 0 Å². The van der Waals surface area contributed by atoms with Crippen LogP contribution in [0.2, 0.25) is 0 Å². The fourth-order valence-corrected chi connectivity index (χ4v) is 4.92. The van der Waals surface area contributed by atoms with Gasteiger partial charge in [-0.15, -0.1) is 0 Å². The smallest absolute Gasteiger partial charge is 0.307 e. The van der Waals surface area contributed by atoms with Gasteiger partial charge in [0, 0.05) is 36.5 Å². The fourth-order valence-electron chi connectivity index (χ4n) is 4.92. The molecule has 2 saturated heterocycles. The van der Waals surface area contributed by atoms with Crippen LogP contribution in [0.5, 0.6) is 0 Å². The Labute approximate surface area is 154 Å². The molecule has 0 radical (unpaired) electrons. The van der Waals surface area contributed by atoms with Crippen molar-refractivity contribution in [2.45, 2.75) is 37.8 Å². The number of fused-ring (bicyclic) bond motifs is 3. The molecule has 4 unspecified atom stereocenters. The number of para-hydroxylation sites is 2. The maximum absolute atomic E-state index is 11.4. The highest BCUT2D eigenvalue weighted by atomic mass is 16.4. The van der Waals surface area contributed by atoms with Crippen molar-refractivity contribution in [2.75, 3.05) is 18.0 Å². The zero-order valence-electron chi connectivity index (χ0n) is 14.8. The minimum atomic E-state index is -0.639. The average Bonchev–Trinajstić information content (AvgIpc) is 3.39. The Morgan fingerprint density at radius 2 is 1.58 bits per heavy atom. The molecule has 4 atom stereocenters.